The van der Waals surface area contributed by atoms with Crippen LogP contribution in [-0.2, 0) is 4.79 Å². The Morgan fingerprint density at radius 3 is 2.87 bits per heavy atom. The zero-order valence-corrected chi connectivity index (χ0v) is 13.4. The van der Waals surface area contributed by atoms with Crippen molar-refractivity contribution in [2.24, 2.45) is 0 Å². The number of carbonyl (C=O) groups is 1. The molecule has 0 fully saturated rings. The van der Waals surface area contributed by atoms with E-state index in [4.69, 9.17) is 0 Å². The number of hydrogen-bond donors (Lipinski definition) is 1. The van der Waals surface area contributed by atoms with Crippen molar-refractivity contribution >= 4 is 34.3 Å². The first-order valence-corrected chi connectivity index (χ1v) is 8.14. The Kier molecular flexibility index (Phi) is 4.57. The van der Waals surface area contributed by atoms with Crippen LogP contribution in [0, 0.1) is 12.7 Å². The van der Waals surface area contributed by atoms with Gasteiger partial charge in [0.05, 0.1) is 11.3 Å². The van der Waals surface area contributed by atoms with E-state index in [1.165, 1.54) is 17.8 Å². The molecule has 0 aliphatic carbocycles. The molecule has 5 heteroatoms. The van der Waals surface area contributed by atoms with Crippen molar-refractivity contribution < 1.29 is 9.18 Å². The van der Waals surface area contributed by atoms with Crippen molar-refractivity contribution in [1.82, 2.24) is 4.98 Å². The largest absolute Gasteiger partial charge is 0.325 e. The Morgan fingerprint density at radius 2 is 2.04 bits per heavy atom. The molecular weight excluding hydrogens is 311 g/mol. The molecule has 2 aromatic carbocycles. The Hall–Kier alpha value is -2.40. The summed E-state index contributed by atoms with van der Waals surface area (Å²) in [7, 11) is 0. The maximum atomic E-state index is 13.5. The van der Waals surface area contributed by atoms with Gasteiger partial charge in [0, 0.05) is 22.2 Å². The van der Waals surface area contributed by atoms with Gasteiger partial charge in [0.2, 0.25) is 5.91 Å². The molecule has 0 saturated carbocycles. The number of amides is 1. The van der Waals surface area contributed by atoms with Gasteiger partial charge in [0.1, 0.15) is 5.82 Å². The van der Waals surface area contributed by atoms with Crippen molar-refractivity contribution in [2.45, 2.75) is 11.8 Å². The molecule has 0 saturated heterocycles. The van der Waals surface area contributed by atoms with Gasteiger partial charge in [-0.25, -0.2) is 4.39 Å². The number of benzene rings is 2. The maximum absolute atomic E-state index is 13.5. The number of nitrogens with one attached hydrogen (secondary N) is 1. The lowest BCUT2D eigenvalue weighted by atomic mass is 10.2. The number of halogens is 1. The summed E-state index contributed by atoms with van der Waals surface area (Å²) in [6.07, 6.45) is 1.73. The molecule has 0 radical (unpaired) electrons. The second-order valence-electron chi connectivity index (χ2n) is 5.13. The van der Waals surface area contributed by atoms with E-state index in [0.29, 0.717) is 11.3 Å². The molecular formula is C18H15FN2OS. The summed E-state index contributed by atoms with van der Waals surface area (Å²) < 4.78 is 13.5. The minimum atomic E-state index is -0.324. The van der Waals surface area contributed by atoms with Crippen LogP contribution in [0.1, 0.15) is 5.56 Å². The summed E-state index contributed by atoms with van der Waals surface area (Å²) >= 11 is 1.44. The molecule has 1 N–H and O–H groups in total. The van der Waals surface area contributed by atoms with Gasteiger partial charge < -0.3 is 5.32 Å². The highest BCUT2D eigenvalue weighted by atomic mass is 32.2. The second-order valence-corrected chi connectivity index (χ2v) is 6.14. The fraction of sp³-hybridized carbons (Fsp3) is 0.111. The topological polar surface area (TPSA) is 42.0 Å². The molecule has 23 heavy (non-hydrogen) atoms. The van der Waals surface area contributed by atoms with Gasteiger partial charge in [0.25, 0.3) is 0 Å². The first kappa shape index (κ1) is 15.5. The van der Waals surface area contributed by atoms with E-state index in [-0.39, 0.29) is 17.5 Å². The molecule has 0 atom stereocenters. The molecule has 0 spiro atoms. The zero-order valence-electron chi connectivity index (χ0n) is 12.5. The summed E-state index contributed by atoms with van der Waals surface area (Å²) in [5.74, 6) is -0.238. The number of carbonyl (C=O) groups excluding carboxylic acids is 1. The molecule has 3 nitrogen and oxygen atoms in total. The highest BCUT2D eigenvalue weighted by molar-refractivity contribution is 8.00. The van der Waals surface area contributed by atoms with Crippen LogP contribution in [0.25, 0.3) is 10.9 Å². The van der Waals surface area contributed by atoms with Crippen LogP contribution in [0.15, 0.2) is 59.6 Å². The van der Waals surface area contributed by atoms with Crippen molar-refractivity contribution in [3.63, 3.8) is 0 Å². The number of aromatic nitrogens is 1. The van der Waals surface area contributed by atoms with E-state index in [2.05, 4.69) is 10.3 Å². The highest BCUT2D eigenvalue weighted by Gasteiger charge is 2.08. The van der Waals surface area contributed by atoms with Crippen LogP contribution >= 0.6 is 11.8 Å². The molecule has 1 heterocycles. The van der Waals surface area contributed by atoms with Gasteiger partial charge in [0.15, 0.2) is 0 Å². The standard InChI is InChI=1S/C18H15FN2OS/c1-12-6-7-13(10-15(12)19)21-18(22)11-23-17-8-9-20-16-5-3-2-4-14(16)17/h2-10H,11H2,1H3,(H,21,22). The Morgan fingerprint density at radius 1 is 1.22 bits per heavy atom. The van der Waals surface area contributed by atoms with Gasteiger partial charge >= 0.3 is 0 Å². The van der Waals surface area contributed by atoms with Crippen LogP contribution in [0.2, 0.25) is 0 Å². The van der Waals surface area contributed by atoms with Gasteiger partial charge in [-0.3, -0.25) is 9.78 Å². The summed E-state index contributed by atoms with van der Waals surface area (Å²) in [6.45, 7) is 1.69. The van der Waals surface area contributed by atoms with E-state index in [0.717, 1.165) is 15.8 Å². The maximum Gasteiger partial charge on any atom is 0.234 e. The number of aryl methyl sites for hydroxylation is 1. The average molecular weight is 326 g/mol. The minimum absolute atomic E-state index is 0.167. The number of pyridine rings is 1. The molecule has 3 aromatic rings. The lowest BCUT2D eigenvalue weighted by Crippen LogP contribution is -2.14. The Bertz CT molecular complexity index is 861. The number of anilines is 1. The van der Waals surface area contributed by atoms with E-state index < -0.39 is 0 Å². The van der Waals surface area contributed by atoms with E-state index in [1.54, 1.807) is 25.3 Å². The predicted molar refractivity (Wildman–Crippen MR) is 92.2 cm³/mol. The summed E-state index contributed by atoms with van der Waals surface area (Å²) in [5, 5.41) is 3.74. The van der Waals surface area contributed by atoms with Gasteiger partial charge in [-0.1, -0.05) is 24.3 Å². The Balaban J connectivity index is 1.67. The lowest BCUT2D eigenvalue weighted by molar-refractivity contribution is -0.113. The van der Waals surface area contributed by atoms with Crippen molar-refractivity contribution in [3.05, 3.63) is 66.1 Å². The second kappa shape index (κ2) is 6.79. The zero-order chi connectivity index (χ0) is 16.2. The fourth-order valence-electron chi connectivity index (χ4n) is 2.21. The smallest absolute Gasteiger partial charge is 0.234 e. The molecule has 0 aliphatic heterocycles. The lowest BCUT2D eigenvalue weighted by Gasteiger charge is -2.08. The van der Waals surface area contributed by atoms with Crippen LogP contribution in [0.4, 0.5) is 10.1 Å². The van der Waals surface area contributed by atoms with Crippen molar-refractivity contribution in [1.29, 1.82) is 0 Å². The quantitative estimate of drug-likeness (QED) is 0.722. The summed E-state index contributed by atoms with van der Waals surface area (Å²) in [4.78, 5) is 17.3. The number of thioether (sulfide) groups is 1. The van der Waals surface area contributed by atoms with Crippen LogP contribution in [-0.4, -0.2) is 16.6 Å². The number of hydrogen-bond acceptors (Lipinski definition) is 3. The molecule has 1 aromatic heterocycles. The van der Waals surface area contributed by atoms with E-state index in [9.17, 15) is 9.18 Å². The first-order valence-electron chi connectivity index (χ1n) is 7.16. The third-order valence-electron chi connectivity index (χ3n) is 3.42. The molecule has 0 bridgehead atoms. The monoisotopic (exact) mass is 326 g/mol. The van der Waals surface area contributed by atoms with Gasteiger partial charge in [-0.15, -0.1) is 11.8 Å². The van der Waals surface area contributed by atoms with Gasteiger partial charge in [-0.05, 0) is 36.8 Å². The first-order chi connectivity index (χ1) is 11.1. The molecule has 116 valence electrons. The van der Waals surface area contributed by atoms with Crippen LogP contribution < -0.4 is 5.32 Å². The fourth-order valence-corrected chi connectivity index (χ4v) is 3.05. The number of fused-ring (bicyclic) bond motifs is 1. The number of rotatable bonds is 4. The van der Waals surface area contributed by atoms with Crippen molar-refractivity contribution in [2.75, 3.05) is 11.1 Å². The third kappa shape index (κ3) is 3.68. The molecule has 0 aliphatic rings. The molecule has 0 unspecified atom stereocenters. The summed E-state index contributed by atoms with van der Waals surface area (Å²) in [5.41, 5.74) is 1.93. The van der Waals surface area contributed by atoms with Crippen LogP contribution in [0.3, 0.4) is 0 Å². The number of nitrogens with zero attached hydrogens (tertiary/aromatic N) is 1. The van der Waals surface area contributed by atoms with Crippen LogP contribution in [0.5, 0.6) is 0 Å². The minimum Gasteiger partial charge on any atom is -0.325 e. The predicted octanol–water partition coefficient (Wildman–Crippen LogP) is 4.41. The SMILES string of the molecule is Cc1ccc(NC(=O)CSc2ccnc3ccccc23)cc1F. The summed E-state index contributed by atoms with van der Waals surface area (Å²) in [6, 6.07) is 14.4. The highest BCUT2D eigenvalue weighted by Crippen LogP contribution is 2.26. The van der Waals surface area contributed by atoms with E-state index >= 15 is 0 Å². The third-order valence-corrected chi connectivity index (χ3v) is 4.50. The Labute approximate surface area is 137 Å². The molecule has 1 amide bonds. The van der Waals surface area contributed by atoms with Gasteiger partial charge in [-0.2, -0.15) is 0 Å². The normalized spacial score (nSPS) is 10.7. The average Bonchev–Trinajstić information content (AvgIpc) is 2.56. The number of para-hydroxylation sites is 1. The van der Waals surface area contributed by atoms with Crippen molar-refractivity contribution in [3.8, 4) is 0 Å². The van der Waals surface area contributed by atoms with E-state index in [1.807, 2.05) is 30.3 Å². The molecule has 3 rings (SSSR count).